The minimum atomic E-state index is -0.526. The first-order valence-corrected chi connectivity index (χ1v) is 6.12. The molecule has 0 atom stereocenters. The first-order valence-electron chi connectivity index (χ1n) is 5.71. The van der Waals surface area contributed by atoms with Crippen LogP contribution in [0.2, 0.25) is 0 Å². The second-order valence-corrected chi connectivity index (χ2v) is 4.51. The Bertz CT molecular complexity index is 669. The lowest BCUT2D eigenvalue weighted by Crippen LogP contribution is -2.13. The molecule has 5 N–H and O–H groups in total. The van der Waals surface area contributed by atoms with E-state index in [0.29, 0.717) is 11.3 Å². The third-order valence-electron chi connectivity index (χ3n) is 2.69. The molecule has 0 saturated heterocycles. The van der Waals surface area contributed by atoms with Gasteiger partial charge in [-0.1, -0.05) is 18.3 Å². The van der Waals surface area contributed by atoms with Gasteiger partial charge in [0.1, 0.15) is 4.99 Å². The number of nitrogens with one attached hydrogen (secondary N) is 1. The standard InChI is InChI=1S/C14H12N2O3S/c15-13(20)8-4-6-9(7-5-8)16-14(19)10-2-1-3-11(17)12(10)18/h1-7,17-18H,(H2,15,20)(H,16,19). The lowest BCUT2D eigenvalue weighted by molar-refractivity contribution is 0.102. The third-order valence-corrected chi connectivity index (χ3v) is 2.92. The molecular weight excluding hydrogens is 276 g/mol. The van der Waals surface area contributed by atoms with Gasteiger partial charge >= 0.3 is 0 Å². The van der Waals surface area contributed by atoms with Crippen molar-refractivity contribution in [3.05, 3.63) is 53.6 Å². The van der Waals surface area contributed by atoms with Gasteiger partial charge in [-0.2, -0.15) is 0 Å². The molecule has 0 aromatic heterocycles. The molecule has 20 heavy (non-hydrogen) atoms. The van der Waals surface area contributed by atoms with Gasteiger partial charge < -0.3 is 21.3 Å². The maximum atomic E-state index is 12.0. The van der Waals surface area contributed by atoms with E-state index in [2.05, 4.69) is 5.32 Å². The normalized spacial score (nSPS) is 10.0. The summed E-state index contributed by atoms with van der Waals surface area (Å²) in [6.07, 6.45) is 0. The molecule has 0 unspecified atom stereocenters. The van der Waals surface area contributed by atoms with Crippen molar-refractivity contribution < 1.29 is 15.0 Å². The number of phenols is 2. The number of carbonyl (C=O) groups is 1. The first-order chi connectivity index (χ1) is 9.49. The van der Waals surface area contributed by atoms with Crippen LogP contribution in [0.15, 0.2) is 42.5 Å². The zero-order chi connectivity index (χ0) is 14.7. The van der Waals surface area contributed by atoms with Crippen LogP contribution in [-0.4, -0.2) is 21.1 Å². The monoisotopic (exact) mass is 288 g/mol. The third kappa shape index (κ3) is 2.86. The molecule has 0 heterocycles. The van der Waals surface area contributed by atoms with E-state index in [0.717, 1.165) is 0 Å². The van der Waals surface area contributed by atoms with E-state index in [1.165, 1.54) is 18.2 Å². The maximum absolute atomic E-state index is 12.0. The Morgan fingerprint density at radius 1 is 1.10 bits per heavy atom. The predicted molar refractivity (Wildman–Crippen MR) is 80.1 cm³/mol. The van der Waals surface area contributed by atoms with Crippen molar-refractivity contribution in [2.24, 2.45) is 5.73 Å². The number of hydrogen-bond donors (Lipinski definition) is 4. The Hall–Kier alpha value is -2.60. The molecular formula is C14H12N2O3S. The minimum absolute atomic E-state index is 0.0107. The van der Waals surface area contributed by atoms with Crippen LogP contribution < -0.4 is 11.1 Å². The highest BCUT2D eigenvalue weighted by Crippen LogP contribution is 2.28. The summed E-state index contributed by atoms with van der Waals surface area (Å²) in [5.41, 5.74) is 6.68. The number of anilines is 1. The zero-order valence-electron chi connectivity index (χ0n) is 10.3. The Morgan fingerprint density at radius 3 is 2.35 bits per heavy atom. The summed E-state index contributed by atoms with van der Waals surface area (Å²) in [5, 5.41) is 21.6. The predicted octanol–water partition coefficient (Wildman–Crippen LogP) is 1.98. The van der Waals surface area contributed by atoms with E-state index >= 15 is 0 Å². The summed E-state index contributed by atoms with van der Waals surface area (Å²) >= 11 is 4.83. The number of para-hydroxylation sites is 1. The second-order valence-electron chi connectivity index (χ2n) is 4.07. The fourth-order valence-electron chi connectivity index (χ4n) is 1.63. The van der Waals surface area contributed by atoms with E-state index in [1.54, 1.807) is 24.3 Å². The average Bonchev–Trinajstić information content (AvgIpc) is 2.42. The van der Waals surface area contributed by atoms with Crippen molar-refractivity contribution in [1.82, 2.24) is 0 Å². The van der Waals surface area contributed by atoms with Gasteiger partial charge in [-0.25, -0.2) is 0 Å². The summed E-state index contributed by atoms with van der Waals surface area (Å²) in [5.74, 6) is -1.33. The molecule has 0 saturated carbocycles. The van der Waals surface area contributed by atoms with Crippen LogP contribution in [0.5, 0.6) is 11.5 Å². The van der Waals surface area contributed by atoms with E-state index in [1.807, 2.05) is 0 Å². The van der Waals surface area contributed by atoms with Gasteiger partial charge in [0, 0.05) is 11.3 Å². The summed E-state index contributed by atoms with van der Waals surface area (Å²) in [6.45, 7) is 0. The topological polar surface area (TPSA) is 95.6 Å². The van der Waals surface area contributed by atoms with Crippen molar-refractivity contribution in [1.29, 1.82) is 0 Å². The Labute approximate surface area is 120 Å². The molecule has 6 heteroatoms. The number of thiocarbonyl (C=S) groups is 1. The van der Waals surface area contributed by atoms with Crippen LogP contribution in [0, 0.1) is 0 Å². The number of hydrogen-bond acceptors (Lipinski definition) is 4. The molecule has 0 aliphatic carbocycles. The van der Waals surface area contributed by atoms with Crippen molar-refractivity contribution in [3.63, 3.8) is 0 Å². The van der Waals surface area contributed by atoms with E-state index in [4.69, 9.17) is 18.0 Å². The number of phenolic OH excluding ortho intramolecular Hbond substituents is 2. The summed E-state index contributed by atoms with van der Waals surface area (Å²) in [7, 11) is 0. The summed E-state index contributed by atoms with van der Waals surface area (Å²) < 4.78 is 0. The molecule has 0 bridgehead atoms. The number of benzene rings is 2. The smallest absolute Gasteiger partial charge is 0.259 e. The molecule has 5 nitrogen and oxygen atoms in total. The number of nitrogens with two attached hydrogens (primary N) is 1. The molecule has 0 aliphatic heterocycles. The van der Waals surface area contributed by atoms with Gasteiger partial charge in [-0.3, -0.25) is 4.79 Å². The Morgan fingerprint density at radius 2 is 1.75 bits per heavy atom. The quantitative estimate of drug-likeness (QED) is 0.511. The van der Waals surface area contributed by atoms with Crippen LogP contribution in [0.25, 0.3) is 0 Å². The molecule has 0 aliphatic rings. The first kappa shape index (κ1) is 13.8. The van der Waals surface area contributed by atoms with Gasteiger partial charge in [-0.15, -0.1) is 0 Å². The largest absolute Gasteiger partial charge is 0.504 e. The highest BCUT2D eigenvalue weighted by Gasteiger charge is 2.13. The lowest BCUT2D eigenvalue weighted by Gasteiger charge is -2.08. The van der Waals surface area contributed by atoms with Crippen molar-refractivity contribution in [3.8, 4) is 11.5 Å². The Balaban J connectivity index is 2.19. The molecule has 0 fully saturated rings. The van der Waals surface area contributed by atoms with Gasteiger partial charge in [-0.05, 0) is 36.4 Å². The van der Waals surface area contributed by atoms with Crippen LogP contribution in [-0.2, 0) is 0 Å². The van der Waals surface area contributed by atoms with Gasteiger partial charge in [0.15, 0.2) is 11.5 Å². The Kier molecular flexibility index (Phi) is 3.86. The molecule has 0 spiro atoms. The fourth-order valence-corrected chi connectivity index (χ4v) is 1.77. The minimum Gasteiger partial charge on any atom is -0.504 e. The maximum Gasteiger partial charge on any atom is 0.259 e. The van der Waals surface area contributed by atoms with Crippen LogP contribution in [0.3, 0.4) is 0 Å². The number of carbonyl (C=O) groups excluding carboxylic acids is 1. The van der Waals surface area contributed by atoms with E-state index in [9.17, 15) is 15.0 Å². The van der Waals surface area contributed by atoms with Crippen LogP contribution >= 0.6 is 12.2 Å². The number of aromatic hydroxyl groups is 2. The molecule has 2 rings (SSSR count). The van der Waals surface area contributed by atoms with Gasteiger partial charge in [0.05, 0.1) is 5.56 Å². The molecule has 1 amide bonds. The number of rotatable bonds is 3. The summed E-state index contributed by atoms with van der Waals surface area (Å²) in [4.78, 5) is 12.2. The second kappa shape index (κ2) is 5.58. The SMILES string of the molecule is NC(=S)c1ccc(NC(=O)c2cccc(O)c2O)cc1. The average molecular weight is 288 g/mol. The number of amides is 1. The van der Waals surface area contributed by atoms with Crippen LogP contribution in [0.4, 0.5) is 5.69 Å². The van der Waals surface area contributed by atoms with E-state index < -0.39 is 11.7 Å². The van der Waals surface area contributed by atoms with Crippen molar-refractivity contribution in [2.75, 3.05) is 5.32 Å². The van der Waals surface area contributed by atoms with E-state index in [-0.39, 0.29) is 16.3 Å². The van der Waals surface area contributed by atoms with Gasteiger partial charge in [0.2, 0.25) is 0 Å². The molecule has 0 radical (unpaired) electrons. The highest BCUT2D eigenvalue weighted by molar-refractivity contribution is 7.80. The van der Waals surface area contributed by atoms with Crippen LogP contribution in [0.1, 0.15) is 15.9 Å². The van der Waals surface area contributed by atoms with Gasteiger partial charge in [0.25, 0.3) is 5.91 Å². The molecule has 2 aromatic carbocycles. The van der Waals surface area contributed by atoms with Crippen molar-refractivity contribution >= 4 is 28.8 Å². The fraction of sp³-hybridized carbons (Fsp3) is 0. The van der Waals surface area contributed by atoms with Crippen molar-refractivity contribution in [2.45, 2.75) is 0 Å². The molecule has 2 aromatic rings. The highest BCUT2D eigenvalue weighted by atomic mass is 32.1. The zero-order valence-corrected chi connectivity index (χ0v) is 11.1. The lowest BCUT2D eigenvalue weighted by atomic mass is 10.1. The summed E-state index contributed by atoms with van der Waals surface area (Å²) in [6, 6.07) is 10.8. The molecule has 102 valence electrons.